The van der Waals surface area contributed by atoms with Crippen molar-refractivity contribution < 1.29 is 4.39 Å². The lowest BCUT2D eigenvalue weighted by molar-refractivity contribution is 0.632. The second kappa shape index (κ2) is 4.36. The minimum atomic E-state index is -0.657. The predicted octanol–water partition coefficient (Wildman–Crippen LogP) is 3.11. The molecule has 1 aromatic rings. The van der Waals surface area contributed by atoms with Gasteiger partial charge in [-0.3, -0.25) is 0 Å². The van der Waals surface area contributed by atoms with Crippen molar-refractivity contribution in [3.8, 4) is 6.07 Å². The van der Waals surface area contributed by atoms with Gasteiger partial charge >= 0.3 is 0 Å². The normalized spacial score (nSPS) is 9.29. The van der Waals surface area contributed by atoms with Gasteiger partial charge in [-0.25, -0.2) is 4.39 Å². The molecule has 5 heteroatoms. The van der Waals surface area contributed by atoms with E-state index in [1.807, 2.05) is 0 Å². The fourth-order valence-corrected chi connectivity index (χ4v) is 1.24. The van der Waals surface area contributed by atoms with Crippen LogP contribution in [0.3, 0.4) is 0 Å². The van der Waals surface area contributed by atoms with Gasteiger partial charge in [0.15, 0.2) is 5.82 Å². The van der Waals surface area contributed by atoms with Crippen molar-refractivity contribution in [3.63, 3.8) is 0 Å². The van der Waals surface area contributed by atoms with Gasteiger partial charge in [-0.15, -0.1) is 0 Å². The molecule has 2 nitrogen and oxygen atoms in total. The average molecular weight is 229 g/mol. The fourth-order valence-electron chi connectivity index (χ4n) is 0.922. The topological polar surface area (TPSA) is 35.8 Å². The lowest BCUT2D eigenvalue weighted by Crippen LogP contribution is -2.05. The summed E-state index contributed by atoms with van der Waals surface area (Å²) >= 11 is 10.4. The van der Waals surface area contributed by atoms with Gasteiger partial charge in [-0.05, 0) is 19.1 Å². The Morgan fingerprint density at radius 2 is 2.29 bits per heavy atom. The summed E-state index contributed by atoms with van der Waals surface area (Å²) in [7, 11) is 0. The van der Waals surface area contributed by atoms with E-state index in [-0.39, 0.29) is 16.3 Å². The summed E-state index contributed by atoms with van der Waals surface area (Å²) in [6, 6.07) is 4.65. The van der Waals surface area contributed by atoms with E-state index in [1.54, 1.807) is 13.0 Å². The first kappa shape index (κ1) is 10.9. The highest BCUT2D eigenvalue weighted by molar-refractivity contribution is 7.80. The minimum Gasteiger partial charge on any atom is -0.348 e. The number of thiocarbonyl (C=S) groups is 1. The van der Waals surface area contributed by atoms with Crippen LogP contribution in [0.4, 0.5) is 10.1 Å². The Balaban J connectivity index is 3.18. The Morgan fingerprint density at radius 1 is 1.64 bits per heavy atom. The highest BCUT2D eigenvalue weighted by Crippen LogP contribution is 2.25. The van der Waals surface area contributed by atoms with E-state index in [0.717, 1.165) is 0 Å². The van der Waals surface area contributed by atoms with E-state index in [9.17, 15) is 4.39 Å². The molecule has 0 aliphatic rings. The quantitative estimate of drug-likeness (QED) is 0.751. The third-order valence-electron chi connectivity index (χ3n) is 1.51. The summed E-state index contributed by atoms with van der Waals surface area (Å²) in [4.78, 5) is 0.435. The van der Waals surface area contributed by atoms with Crippen molar-refractivity contribution in [2.24, 2.45) is 0 Å². The number of anilines is 1. The second-order valence-corrected chi connectivity index (χ2v) is 3.57. The molecule has 1 rings (SSSR count). The standard InChI is InChI=1S/C9H6ClFN2S/c1-5(14)13-7-3-2-6(4-12)8(10)9(7)11/h2-3H,1H3,(H,13,14). The van der Waals surface area contributed by atoms with Gasteiger partial charge in [0.25, 0.3) is 0 Å². The van der Waals surface area contributed by atoms with Crippen LogP contribution in [0.15, 0.2) is 12.1 Å². The molecule has 0 bridgehead atoms. The van der Waals surface area contributed by atoms with Gasteiger partial charge in [-0.2, -0.15) is 5.26 Å². The van der Waals surface area contributed by atoms with Crippen LogP contribution in [0.25, 0.3) is 0 Å². The number of nitriles is 1. The number of halogens is 2. The van der Waals surface area contributed by atoms with Crippen molar-refractivity contribution in [2.75, 3.05) is 5.32 Å². The van der Waals surface area contributed by atoms with E-state index in [4.69, 9.17) is 29.1 Å². The molecule has 0 aliphatic heterocycles. The smallest absolute Gasteiger partial charge is 0.166 e. The number of nitrogens with zero attached hydrogens (tertiary/aromatic N) is 1. The third-order valence-corrected chi connectivity index (χ3v) is 1.99. The molecule has 1 N–H and O–H groups in total. The van der Waals surface area contributed by atoms with Crippen molar-refractivity contribution in [1.82, 2.24) is 0 Å². The first-order valence-electron chi connectivity index (χ1n) is 3.72. The lowest BCUT2D eigenvalue weighted by Gasteiger charge is -2.06. The van der Waals surface area contributed by atoms with Crippen molar-refractivity contribution in [3.05, 3.63) is 28.5 Å². The SMILES string of the molecule is CC(=S)Nc1ccc(C#N)c(Cl)c1F. The van der Waals surface area contributed by atoms with Crippen molar-refractivity contribution in [1.29, 1.82) is 5.26 Å². The Labute approximate surface area is 91.3 Å². The van der Waals surface area contributed by atoms with E-state index < -0.39 is 5.82 Å². The summed E-state index contributed by atoms with van der Waals surface area (Å²) in [5.74, 6) is -0.657. The first-order chi connectivity index (χ1) is 6.56. The highest BCUT2D eigenvalue weighted by Gasteiger charge is 2.11. The largest absolute Gasteiger partial charge is 0.348 e. The van der Waals surface area contributed by atoms with Crippen molar-refractivity contribution in [2.45, 2.75) is 6.92 Å². The van der Waals surface area contributed by atoms with E-state index in [1.165, 1.54) is 12.1 Å². The number of benzene rings is 1. The van der Waals surface area contributed by atoms with E-state index >= 15 is 0 Å². The van der Waals surface area contributed by atoms with Gasteiger partial charge in [0.2, 0.25) is 0 Å². The number of nitrogens with one attached hydrogen (secondary N) is 1. The fraction of sp³-hybridized carbons (Fsp3) is 0.111. The zero-order valence-corrected chi connectivity index (χ0v) is 8.84. The number of hydrogen-bond acceptors (Lipinski definition) is 2. The molecule has 0 unspecified atom stereocenters. The molecule has 0 heterocycles. The van der Waals surface area contributed by atoms with Gasteiger partial charge in [0.05, 0.1) is 21.3 Å². The zero-order valence-electron chi connectivity index (χ0n) is 7.27. The molecule has 14 heavy (non-hydrogen) atoms. The Morgan fingerprint density at radius 3 is 2.79 bits per heavy atom. The molecule has 0 saturated carbocycles. The molecule has 0 aliphatic carbocycles. The average Bonchev–Trinajstić information content (AvgIpc) is 2.13. The summed E-state index contributed by atoms with van der Waals surface area (Å²) in [5.41, 5.74) is 0.290. The molecule has 0 aromatic heterocycles. The Bertz CT molecular complexity index is 426. The first-order valence-corrected chi connectivity index (χ1v) is 4.50. The number of rotatable bonds is 1. The molecule has 0 spiro atoms. The van der Waals surface area contributed by atoms with Crippen LogP contribution in [0.5, 0.6) is 0 Å². The van der Waals surface area contributed by atoms with Crippen LogP contribution >= 0.6 is 23.8 Å². The Hall–Kier alpha value is -1.18. The molecule has 72 valence electrons. The number of hydrogen-bond donors (Lipinski definition) is 1. The maximum Gasteiger partial charge on any atom is 0.166 e. The molecular weight excluding hydrogens is 223 g/mol. The lowest BCUT2D eigenvalue weighted by atomic mass is 10.2. The maximum atomic E-state index is 13.4. The summed E-state index contributed by atoms with van der Waals surface area (Å²) in [6.45, 7) is 1.63. The van der Waals surface area contributed by atoms with Gasteiger partial charge < -0.3 is 5.32 Å². The maximum absolute atomic E-state index is 13.4. The van der Waals surface area contributed by atoms with E-state index in [0.29, 0.717) is 4.99 Å². The predicted molar refractivity (Wildman–Crippen MR) is 58.0 cm³/mol. The van der Waals surface area contributed by atoms with E-state index in [2.05, 4.69) is 5.32 Å². The highest BCUT2D eigenvalue weighted by atomic mass is 35.5. The van der Waals surface area contributed by atoms with Crippen LogP contribution in [0, 0.1) is 17.1 Å². The van der Waals surface area contributed by atoms with Gasteiger partial charge in [0.1, 0.15) is 6.07 Å². The molecule has 0 fully saturated rings. The van der Waals surface area contributed by atoms with Crippen LogP contribution in [-0.2, 0) is 0 Å². The van der Waals surface area contributed by atoms with Crippen molar-refractivity contribution >= 4 is 34.5 Å². The second-order valence-electron chi connectivity index (χ2n) is 2.58. The van der Waals surface area contributed by atoms with Crippen LogP contribution in [0.1, 0.15) is 12.5 Å². The van der Waals surface area contributed by atoms with Gasteiger partial charge in [-0.1, -0.05) is 23.8 Å². The third kappa shape index (κ3) is 2.19. The molecule has 0 saturated heterocycles. The van der Waals surface area contributed by atoms with Crippen LogP contribution in [-0.4, -0.2) is 4.99 Å². The van der Waals surface area contributed by atoms with Crippen LogP contribution < -0.4 is 5.32 Å². The summed E-state index contributed by atoms with van der Waals surface area (Å²) in [6.07, 6.45) is 0. The molecule has 0 amide bonds. The summed E-state index contributed by atoms with van der Waals surface area (Å²) in [5, 5.41) is 11.0. The van der Waals surface area contributed by atoms with Gasteiger partial charge in [0, 0.05) is 0 Å². The molecule has 0 atom stereocenters. The molecule has 0 radical (unpaired) electrons. The summed E-state index contributed by atoms with van der Waals surface area (Å²) < 4.78 is 13.4. The van der Waals surface area contributed by atoms with Crippen LogP contribution in [0.2, 0.25) is 5.02 Å². The minimum absolute atomic E-state index is 0.108. The molecule has 1 aromatic carbocycles. The molecular formula is C9H6ClFN2S. The Kier molecular flexibility index (Phi) is 3.39. The zero-order chi connectivity index (χ0) is 10.7. The monoisotopic (exact) mass is 228 g/mol.